The largest absolute Gasteiger partial charge is 0.486 e. The highest BCUT2D eigenvalue weighted by Crippen LogP contribution is 2.29. The van der Waals surface area contributed by atoms with Crippen LogP contribution in [-0.2, 0) is 11.3 Å². The van der Waals surface area contributed by atoms with Crippen LogP contribution in [0.3, 0.4) is 0 Å². The summed E-state index contributed by atoms with van der Waals surface area (Å²) in [5.41, 5.74) is 7.80. The van der Waals surface area contributed by atoms with Gasteiger partial charge in [0.25, 0.3) is 0 Å². The minimum absolute atomic E-state index is 0.105. The van der Waals surface area contributed by atoms with Crippen LogP contribution in [0.25, 0.3) is 16.9 Å². The maximum Gasteiger partial charge on any atom is 0.249 e. The van der Waals surface area contributed by atoms with Crippen LogP contribution in [0.4, 0.5) is 10.2 Å². The van der Waals surface area contributed by atoms with Gasteiger partial charge in [-0.05, 0) is 30.7 Å². The van der Waals surface area contributed by atoms with E-state index in [9.17, 15) is 9.18 Å². The predicted octanol–water partition coefficient (Wildman–Crippen LogP) is 3.60. The van der Waals surface area contributed by atoms with Crippen molar-refractivity contribution in [2.24, 2.45) is 5.73 Å². The monoisotopic (exact) mass is 449 g/mol. The lowest BCUT2D eigenvalue weighted by Gasteiger charge is -2.15. The Morgan fingerprint density at radius 2 is 1.97 bits per heavy atom. The van der Waals surface area contributed by atoms with Gasteiger partial charge in [0.05, 0.1) is 23.9 Å². The maximum absolute atomic E-state index is 14.3. The Kier molecular flexibility index (Phi) is 6.50. The van der Waals surface area contributed by atoms with Gasteiger partial charge in [0.1, 0.15) is 12.4 Å². The van der Waals surface area contributed by atoms with Crippen molar-refractivity contribution in [3.63, 3.8) is 0 Å². The molecule has 0 fully saturated rings. The summed E-state index contributed by atoms with van der Waals surface area (Å²) < 4.78 is 26.8. The van der Waals surface area contributed by atoms with Crippen LogP contribution < -0.4 is 15.8 Å². The van der Waals surface area contributed by atoms with Crippen molar-refractivity contribution in [3.8, 4) is 11.7 Å². The lowest BCUT2D eigenvalue weighted by atomic mass is 10.1. The fourth-order valence-corrected chi connectivity index (χ4v) is 3.59. The van der Waals surface area contributed by atoms with Gasteiger partial charge < -0.3 is 20.5 Å². The molecule has 2 aromatic carbocycles. The third-order valence-electron chi connectivity index (χ3n) is 5.13. The zero-order chi connectivity index (χ0) is 23.4. The van der Waals surface area contributed by atoms with Gasteiger partial charge in [-0.1, -0.05) is 30.3 Å². The summed E-state index contributed by atoms with van der Waals surface area (Å²) >= 11 is 0. The van der Waals surface area contributed by atoms with Gasteiger partial charge in [-0.25, -0.2) is 9.37 Å². The number of rotatable bonds is 9. The number of primary amides is 1. The summed E-state index contributed by atoms with van der Waals surface area (Å²) in [6.07, 6.45) is 1.56. The summed E-state index contributed by atoms with van der Waals surface area (Å²) in [6, 6.07) is 14.1. The number of amides is 1. The molecule has 0 atom stereocenters. The lowest BCUT2D eigenvalue weighted by molar-refractivity contribution is 0.100. The van der Waals surface area contributed by atoms with Crippen molar-refractivity contribution in [2.45, 2.75) is 13.5 Å². The highest BCUT2D eigenvalue weighted by molar-refractivity contribution is 6.06. The third-order valence-corrected chi connectivity index (χ3v) is 5.13. The molecular weight excluding hydrogens is 425 g/mol. The number of methoxy groups -OCH3 is 1. The Hall–Kier alpha value is -3.98. The van der Waals surface area contributed by atoms with Crippen LogP contribution in [0.1, 0.15) is 21.6 Å². The second-order valence-electron chi connectivity index (χ2n) is 7.43. The van der Waals surface area contributed by atoms with E-state index in [0.717, 1.165) is 17.3 Å². The van der Waals surface area contributed by atoms with Gasteiger partial charge in [0.2, 0.25) is 11.9 Å². The van der Waals surface area contributed by atoms with E-state index in [0.29, 0.717) is 48.2 Å². The number of halogens is 1. The fraction of sp³-hybridized carbons (Fsp3) is 0.208. The first-order chi connectivity index (χ1) is 16.0. The van der Waals surface area contributed by atoms with E-state index in [4.69, 9.17) is 15.2 Å². The molecule has 0 saturated heterocycles. The normalized spacial score (nSPS) is 11.0. The molecule has 2 heterocycles. The number of ether oxygens (including phenoxy) is 2. The number of nitrogens with one attached hydrogen (secondary N) is 1. The van der Waals surface area contributed by atoms with Gasteiger partial charge in [-0.3, -0.25) is 9.36 Å². The molecule has 0 saturated carbocycles. The number of carbonyl (C=O) groups excluding carboxylic acids is 1. The van der Waals surface area contributed by atoms with Crippen LogP contribution in [0.2, 0.25) is 0 Å². The lowest BCUT2D eigenvalue weighted by Crippen LogP contribution is -2.13. The Balaban J connectivity index is 1.77. The standard InChI is InChI=1S/C24H24FN5O3/c1-15-10-18-19(22(26)31)11-17(25)12-20(18)30(15)24-28-14-21(33-9-8-32-2)23(29-24)27-13-16-6-4-3-5-7-16/h3-7,10-12,14H,8-9,13H2,1-2H3,(H2,26,31)(H,27,28,29). The van der Waals surface area contributed by atoms with Gasteiger partial charge in [-0.2, -0.15) is 4.98 Å². The summed E-state index contributed by atoms with van der Waals surface area (Å²) in [7, 11) is 1.59. The van der Waals surface area contributed by atoms with Gasteiger partial charge >= 0.3 is 0 Å². The SMILES string of the molecule is COCCOc1cnc(-n2c(C)cc3c(C(N)=O)cc(F)cc32)nc1NCc1ccccc1. The number of hydrogen-bond acceptors (Lipinski definition) is 6. The molecule has 0 aliphatic heterocycles. The fourth-order valence-electron chi connectivity index (χ4n) is 3.59. The number of carbonyl (C=O) groups is 1. The molecule has 33 heavy (non-hydrogen) atoms. The zero-order valence-corrected chi connectivity index (χ0v) is 18.3. The minimum Gasteiger partial charge on any atom is -0.486 e. The van der Waals surface area contributed by atoms with E-state index in [1.54, 1.807) is 23.9 Å². The van der Waals surface area contributed by atoms with Gasteiger partial charge in [0.15, 0.2) is 11.6 Å². The van der Waals surface area contributed by atoms with Crippen LogP contribution >= 0.6 is 0 Å². The molecule has 0 bridgehead atoms. The highest BCUT2D eigenvalue weighted by Gasteiger charge is 2.18. The number of fused-ring (bicyclic) bond motifs is 1. The molecular formula is C24H24FN5O3. The molecule has 3 N–H and O–H groups in total. The van der Waals surface area contributed by atoms with E-state index in [2.05, 4.69) is 15.3 Å². The van der Waals surface area contributed by atoms with Crippen molar-refractivity contribution >= 4 is 22.6 Å². The van der Waals surface area contributed by atoms with Crippen molar-refractivity contribution in [3.05, 3.63) is 77.4 Å². The second-order valence-corrected chi connectivity index (χ2v) is 7.43. The predicted molar refractivity (Wildman–Crippen MR) is 123 cm³/mol. The first kappa shape index (κ1) is 22.2. The zero-order valence-electron chi connectivity index (χ0n) is 18.3. The first-order valence-electron chi connectivity index (χ1n) is 10.4. The molecule has 1 amide bonds. The summed E-state index contributed by atoms with van der Waals surface area (Å²) in [4.78, 5) is 20.9. The average molecular weight is 449 g/mol. The maximum atomic E-state index is 14.3. The minimum atomic E-state index is -0.704. The summed E-state index contributed by atoms with van der Waals surface area (Å²) in [5.74, 6) is -0.0296. The van der Waals surface area contributed by atoms with E-state index in [1.807, 2.05) is 37.3 Å². The summed E-state index contributed by atoms with van der Waals surface area (Å²) in [6.45, 7) is 3.09. The number of anilines is 1. The number of nitrogens with zero attached hydrogens (tertiary/aromatic N) is 3. The smallest absolute Gasteiger partial charge is 0.249 e. The Morgan fingerprint density at radius 1 is 1.18 bits per heavy atom. The Morgan fingerprint density at radius 3 is 2.70 bits per heavy atom. The van der Waals surface area contributed by atoms with E-state index in [1.165, 1.54) is 6.07 Å². The topological polar surface area (TPSA) is 104 Å². The van der Waals surface area contributed by atoms with Crippen LogP contribution in [0.15, 0.2) is 54.7 Å². The molecule has 4 aromatic rings. The second kappa shape index (κ2) is 9.66. The molecule has 4 rings (SSSR count). The molecule has 170 valence electrons. The number of aryl methyl sites for hydroxylation is 1. The van der Waals surface area contributed by atoms with Crippen molar-refractivity contribution in [2.75, 3.05) is 25.6 Å². The van der Waals surface area contributed by atoms with E-state index >= 15 is 0 Å². The molecule has 0 aliphatic rings. The number of benzene rings is 2. The average Bonchev–Trinajstić information content (AvgIpc) is 3.13. The molecule has 8 nitrogen and oxygen atoms in total. The van der Waals surface area contributed by atoms with Crippen molar-refractivity contribution in [1.29, 1.82) is 0 Å². The molecule has 0 unspecified atom stereocenters. The van der Waals surface area contributed by atoms with E-state index < -0.39 is 11.7 Å². The van der Waals surface area contributed by atoms with Gasteiger partial charge in [-0.15, -0.1) is 0 Å². The number of nitrogens with two attached hydrogens (primary N) is 1. The van der Waals surface area contributed by atoms with Crippen LogP contribution in [0.5, 0.6) is 5.75 Å². The molecule has 2 aromatic heterocycles. The first-order valence-corrected chi connectivity index (χ1v) is 10.4. The van der Waals surface area contributed by atoms with Crippen molar-refractivity contribution < 1.29 is 18.7 Å². The Labute approximate surface area is 190 Å². The molecule has 0 spiro atoms. The molecule has 0 radical (unpaired) electrons. The highest BCUT2D eigenvalue weighted by atomic mass is 19.1. The van der Waals surface area contributed by atoms with Crippen molar-refractivity contribution in [1.82, 2.24) is 14.5 Å². The molecule has 9 heteroatoms. The van der Waals surface area contributed by atoms with Crippen LogP contribution in [-0.4, -0.2) is 40.8 Å². The number of hydrogen-bond donors (Lipinski definition) is 2. The van der Waals surface area contributed by atoms with Gasteiger partial charge in [0, 0.05) is 24.7 Å². The Bertz CT molecular complexity index is 1290. The quantitative estimate of drug-likeness (QED) is 0.379. The molecule has 0 aliphatic carbocycles. The third kappa shape index (κ3) is 4.78. The summed E-state index contributed by atoms with van der Waals surface area (Å²) in [5, 5.41) is 3.82. The number of aromatic nitrogens is 3. The van der Waals surface area contributed by atoms with Crippen LogP contribution in [0, 0.1) is 12.7 Å². The van der Waals surface area contributed by atoms with E-state index in [-0.39, 0.29) is 5.56 Å².